The van der Waals surface area contributed by atoms with Gasteiger partial charge in [0.25, 0.3) is 0 Å². The van der Waals surface area contributed by atoms with E-state index in [1.54, 1.807) is 30.3 Å². The number of benzene rings is 2. The highest BCUT2D eigenvalue weighted by molar-refractivity contribution is 8.00. The number of hydrogen-bond donors (Lipinski definition) is 2. The number of carbonyl (C=O) groups excluding carboxylic acids is 2. The number of carbonyl (C=O) groups is 2. The minimum Gasteiger partial charge on any atom is -0.384 e. The Morgan fingerprint density at radius 2 is 1.95 bits per heavy atom. The van der Waals surface area contributed by atoms with Gasteiger partial charge in [-0.2, -0.15) is 18.4 Å². The van der Waals surface area contributed by atoms with Gasteiger partial charge in [0, 0.05) is 34.7 Å². The van der Waals surface area contributed by atoms with Gasteiger partial charge in [-0.3, -0.25) is 14.5 Å². The van der Waals surface area contributed by atoms with Crippen molar-refractivity contribution >= 4 is 45.6 Å². The van der Waals surface area contributed by atoms with E-state index in [2.05, 4.69) is 21.6 Å². The lowest BCUT2D eigenvalue weighted by Gasteiger charge is -2.42. The molecule has 3 aliphatic rings. The Labute approximate surface area is 234 Å². The van der Waals surface area contributed by atoms with E-state index in [4.69, 9.17) is 5.73 Å². The first-order valence-electron chi connectivity index (χ1n) is 12.2. The number of nitrogens with zero attached hydrogens (tertiary/aromatic N) is 4. The van der Waals surface area contributed by atoms with Gasteiger partial charge in [0.1, 0.15) is 17.3 Å². The van der Waals surface area contributed by atoms with Crippen molar-refractivity contribution in [3.8, 4) is 6.07 Å². The van der Waals surface area contributed by atoms with Crippen LogP contribution in [-0.4, -0.2) is 21.9 Å². The number of thioether (sulfide) groups is 1. The van der Waals surface area contributed by atoms with Crippen molar-refractivity contribution in [2.45, 2.75) is 40.9 Å². The van der Waals surface area contributed by atoms with Crippen molar-refractivity contribution in [2.24, 2.45) is 5.73 Å². The van der Waals surface area contributed by atoms with Gasteiger partial charge in [0.05, 0.1) is 11.1 Å². The molecule has 2 aliphatic heterocycles. The molecule has 202 valence electrons. The van der Waals surface area contributed by atoms with Gasteiger partial charge in [0.15, 0.2) is 10.1 Å². The molecule has 3 aromatic rings. The van der Waals surface area contributed by atoms with Crippen LogP contribution in [0.1, 0.15) is 36.0 Å². The normalized spacial score (nSPS) is 20.5. The quantitative estimate of drug-likeness (QED) is 0.401. The molecule has 3 N–H and O–H groups in total. The molecule has 2 aromatic carbocycles. The molecule has 0 bridgehead atoms. The van der Waals surface area contributed by atoms with Crippen LogP contribution < -0.4 is 16.0 Å². The average Bonchev–Trinajstić information content (AvgIpc) is 3.50. The van der Waals surface area contributed by atoms with E-state index in [9.17, 15) is 28.0 Å². The average molecular weight is 581 g/mol. The maximum atomic E-state index is 13.6. The smallest absolute Gasteiger partial charge is 0.384 e. The molecule has 8 nitrogen and oxygen atoms in total. The van der Waals surface area contributed by atoms with E-state index >= 15 is 0 Å². The molecule has 1 spiro atoms. The lowest BCUT2D eigenvalue weighted by molar-refractivity contribution is -0.137. The Morgan fingerprint density at radius 3 is 2.73 bits per heavy atom. The van der Waals surface area contributed by atoms with Gasteiger partial charge in [-0.05, 0) is 30.5 Å². The lowest BCUT2D eigenvalue weighted by Crippen LogP contribution is -2.50. The van der Waals surface area contributed by atoms with E-state index in [1.807, 2.05) is 0 Å². The predicted octanol–water partition coefficient (Wildman–Crippen LogP) is 5.26. The molecule has 6 rings (SSSR count). The van der Waals surface area contributed by atoms with E-state index in [1.165, 1.54) is 22.7 Å². The van der Waals surface area contributed by atoms with E-state index in [-0.39, 0.29) is 34.9 Å². The fourth-order valence-electron chi connectivity index (χ4n) is 5.50. The molecule has 1 atom stereocenters. The SMILES string of the molecule is N#CC1=C(N)N(c2nnc(SCc3cccc(C(F)(F)F)c3)s2)C2=C(C(=O)CCC2)[C@]12C(=O)Nc1ccccc12. The number of nitrogens with two attached hydrogens (primary N) is 1. The third-order valence-corrected chi connectivity index (χ3v) is 9.25. The first-order chi connectivity index (χ1) is 19.2. The molecule has 0 saturated carbocycles. The number of ketones is 1. The number of nitrogens with one attached hydrogen (secondary N) is 1. The highest BCUT2D eigenvalue weighted by atomic mass is 32.2. The highest BCUT2D eigenvalue weighted by Gasteiger charge is 2.60. The summed E-state index contributed by atoms with van der Waals surface area (Å²) >= 11 is 2.34. The van der Waals surface area contributed by atoms with Crippen molar-refractivity contribution in [1.29, 1.82) is 5.26 Å². The topological polar surface area (TPSA) is 125 Å². The van der Waals surface area contributed by atoms with Gasteiger partial charge < -0.3 is 11.1 Å². The second-order valence-electron chi connectivity index (χ2n) is 9.39. The summed E-state index contributed by atoms with van der Waals surface area (Å²) in [5.74, 6) is -0.555. The Morgan fingerprint density at radius 1 is 1.15 bits per heavy atom. The summed E-state index contributed by atoms with van der Waals surface area (Å²) in [6, 6.07) is 14.1. The van der Waals surface area contributed by atoms with Gasteiger partial charge in [-0.25, -0.2) is 0 Å². The van der Waals surface area contributed by atoms with Crippen LogP contribution in [0.25, 0.3) is 0 Å². The molecular weight excluding hydrogens is 561 g/mol. The fraction of sp³-hybridized carbons (Fsp3) is 0.222. The monoisotopic (exact) mass is 580 g/mol. The van der Waals surface area contributed by atoms with Crippen molar-refractivity contribution in [2.75, 3.05) is 10.2 Å². The molecule has 13 heteroatoms. The fourth-order valence-corrected chi connectivity index (χ4v) is 7.32. The number of para-hydroxylation sites is 1. The van der Waals surface area contributed by atoms with Crippen LogP contribution in [0.2, 0.25) is 0 Å². The zero-order chi connectivity index (χ0) is 28.2. The number of allylic oxidation sites excluding steroid dienone is 1. The van der Waals surface area contributed by atoms with Crippen LogP contribution in [0, 0.1) is 11.3 Å². The van der Waals surface area contributed by atoms with E-state index in [0.717, 1.165) is 23.5 Å². The Kier molecular flexibility index (Phi) is 6.19. The molecule has 3 heterocycles. The summed E-state index contributed by atoms with van der Waals surface area (Å²) in [5, 5.41) is 21.9. The van der Waals surface area contributed by atoms with Crippen LogP contribution in [0.3, 0.4) is 0 Å². The number of aromatic nitrogens is 2. The predicted molar refractivity (Wildman–Crippen MR) is 143 cm³/mol. The van der Waals surface area contributed by atoms with Gasteiger partial charge >= 0.3 is 6.18 Å². The van der Waals surface area contributed by atoms with Gasteiger partial charge in [-0.15, -0.1) is 10.2 Å². The second-order valence-corrected chi connectivity index (χ2v) is 11.6. The number of nitriles is 1. The number of rotatable bonds is 4. The van der Waals surface area contributed by atoms with Crippen LogP contribution in [-0.2, 0) is 26.9 Å². The third-order valence-electron chi connectivity index (χ3n) is 7.14. The molecule has 0 radical (unpaired) electrons. The maximum Gasteiger partial charge on any atom is 0.416 e. The minimum atomic E-state index is -4.44. The summed E-state index contributed by atoms with van der Waals surface area (Å²) in [6.07, 6.45) is -3.27. The van der Waals surface area contributed by atoms with Crippen molar-refractivity contribution < 1.29 is 22.8 Å². The number of amides is 1. The molecule has 1 aromatic heterocycles. The zero-order valence-electron chi connectivity index (χ0n) is 20.6. The van der Waals surface area contributed by atoms with Crippen LogP contribution in [0.4, 0.5) is 24.0 Å². The number of fused-ring (bicyclic) bond motifs is 3. The zero-order valence-corrected chi connectivity index (χ0v) is 22.2. The first-order valence-corrected chi connectivity index (χ1v) is 14.0. The summed E-state index contributed by atoms with van der Waals surface area (Å²) < 4.78 is 39.7. The van der Waals surface area contributed by atoms with E-state index in [0.29, 0.717) is 44.8 Å². The van der Waals surface area contributed by atoms with Crippen LogP contribution in [0.15, 0.2) is 75.5 Å². The third kappa shape index (κ3) is 3.89. The van der Waals surface area contributed by atoms with Crippen LogP contribution >= 0.6 is 23.1 Å². The summed E-state index contributed by atoms with van der Waals surface area (Å²) in [6.45, 7) is 0. The maximum absolute atomic E-state index is 13.6. The van der Waals surface area contributed by atoms with Gasteiger partial charge in [0.2, 0.25) is 11.0 Å². The Bertz CT molecular complexity index is 1690. The summed E-state index contributed by atoms with van der Waals surface area (Å²) in [5.41, 5.74) is 6.32. The van der Waals surface area contributed by atoms with Crippen LogP contribution in [0.5, 0.6) is 0 Å². The molecule has 0 unspecified atom stereocenters. The molecule has 1 aliphatic carbocycles. The molecule has 40 heavy (non-hydrogen) atoms. The molecule has 0 saturated heterocycles. The molecule has 1 amide bonds. The minimum absolute atomic E-state index is 0.0200. The molecular formula is C27H19F3N6O2S2. The van der Waals surface area contributed by atoms with Crippen molar-refractivity contribution in [1.82, 2.24) is 10.2 Å². The first kappa shape index (κ1) is 26.1. The number of alkyl halides is 3. The highest BCUT2D eigenvalue weighted by Crippen LogP contribution is 2.55. The molecule has 0 fully saturated rings. The number of halogens is 3. The lowest BCUT2D eigenvalue weighted by atomic mass is 9.64. The Hall–Kier alpha value is -4.15. The summed E-state index contributed by atoms with van der Waals surface area (Å²) in [4.78, 5) is 28.6. The number of anilines is 2. The second kappa shape index (κ2) is 9.50. The summed E-state index contributed by atoms with van der Waals surface area (Å²) in [7, 11) is 0. The van der Waals surface area contributed by atoms with E-state index < -0.39 is 23.1 Å². The number of Topliss-reactive ketones (excluding diaryl/α,β-unsaturated/α-hetero) is 1. The standard InChI is InChI=1S/C27H19F3N6O2S2/c28-27(29,30)15-6-3-5-14(11-15)13-39-25-35-34-24(40-25)36-19-9-4-10-20(37)21(19)26(17(12-31)22(36)32)16-7-1-2-8-18(16)33-23(26)38/h1-3,5-8,11H,4,9-10,13,32H2,(H,33,38)/t26-/m1/s1. The van der Waals surface area contributed by atoms with Crippen molar-refractivity contribution in [3.05, 3.63) is 87.9 Å². The largest absolute Gasteiger partial charge is 0.416 e. The van der Waals surface area contributed by atoms with Crippen molar-refractivity contribution in [3.63, 3.8) is 0 Å². The Balaban J connectivity index is 1.40. The number of hydrogen-bond acceptors (Lipinski definition) is 9. The van der Waals surface area contributed by atoms with Gasteiger partial charge in [-0.1, -0.05) is 59.5 Å².